The highest BCUT2D eigenvalue weighted by atomic mass is 32.2. The van der Waals surface area contributed by atoms with Crippen molar-refractivity contribution in [3.05, 3.63) is 29.6 Å². The Labute approximate surface area is 150 Å². The predicted molar refractivity (Wildman–Crippen MR) is 89.9 cm³/mol. The molecule has 1 aromatic carbocycles. The van der Waals surface area contributed by atoms with E-state index in [1.807, 2.05) is 5.43 Å². The van der Waals surface area contributed by atoms with Crippen LogP contribution in [0.15, 0.2) is 23.3 Å². The first kappa shape index (κ1) is 18.1. The summed E-state index contributed by atoms with van der Waals surface area (Å²) in [7, 11) is 0. The second-order valence-electron chi connectivity index (χ2n) is 5.54. The molecule has 3 rings (SSSR count). The van der Waals surface area contributed by atoms with Gasteiger partial charge in [0.15, 0.2) is 0 Å². The maximum atomic E-state index is 14.4. The zero-order valence-electron chi connectivity index (χ0n) is 13.5. The van der Waals surface area contributed by atoms with Crippen molar-refractivity contribution in [2.24, 2.45) is 5.10 Å². The van der Waals surface area contributed by atoms with Crippen LogP contribution in [-0.2, 0) is 14.3 Å². The average molecular weight is 384 g/mol. The highest BCUT2D eigenvalue weighted by molar-refractivity contribution is 8.15. The van der Waals surface area contributed by atoms with E-state index in [0.717, 1.165) is 6.07 Å². The predicted octanol–water partition coefficient (Wildman–Crippen LogP) is 1.11. The van der Waals surface area contributed by atoms with E-state index >= 15 is 0 Å². The van der Waals surface area contributed by atoms with E-state index in [4.69, 9.17) is 4.74 Å². The first-order valence-corrected chi connectivity index (χ1v) is 8.44. The van der Waals surface area contributed by atoms with Crippen LogP contribution in [0, 0.1) is 5.82 Å². The summed E-state index contributed by atoms with van der Waals surface area (Å²) in [6.45, 7) is 1.65. The van der Waals surface area contributed by atoms with E-state index in [1.165, 1.54) is 24.0 Å². The third-order valence-corrected chi connectivity index (χ3v) is 4.59. The van der Waals surface area contributed by atoms with Crippen molar-refractivity contribution in [1.82, 2.24) is 10.7 Å². The van der Waals surface area contributed by atoms with Gasteiger partial charge < -0.3 is 10.1 Å². The van der Waals surface area contributed by atoms with Gasteiger partial charge in [0, 0.05) is 12.5 Å². The minimum absolute atomic E-state index is 0.00348. The summed E-state index contributed by atoms with van der Waals surface area (Å²) in [5.74, 6) is -1.88. The summed E-state index contributed by atoms with van der Waals surface area (Å²) >= 11 is 0.496. The molecule has 138 valence electrons. The first-order valence-electron chi connectivity index (χ1n) is 7.56. The fraction of sp³-hybridized carbons (Fsp3) is 0.333. The molecule has 2 atom stereocenters. The number of thioether (sulfide) groups is 1. The van der Waals surface area contributed by atoms with Gasteiger partial charge in [-0.2, -0.15) is 5.10 Å². The van der Waals surface area contributed by atoms with E-state index in [-0.39, 0.29) is 35.3 Å². The maximum Gasteiger partial charge on any atom is 0.414 e. The zero-order valence-corrected chi connectivity index (χ0v) is 14.3. The van der Waals surface area contributed by atoms with Gasteiger partial charge in [0.05, 0.1) is 18.8 Å². The summed E-state index contributed by atoms with van der Waals surface area (Å²) in [4.78, 5) is 35.2. The SMILES string of the molecule is CC(=O)NCC1CN(c2ccc(C3=NNC(=O)C(F)S3)c(F)c2)C(=O)O1. The Hall–Kier alpha value is -2.69. The normalized spacial score (nSPS) is 22.6. The minimum atomic E-state index is -1.87. The number of halogens is 2. The molecule has 8 nitrogen and oxygen atoms in total. The number of rotatable bonds is 4. The average Bonchev–Trinajstić information content (AvgIpc) is 2.96. The van der Waals surface area contributed by atoms with Crippen LogP contribution in [0.5, 0.6) is 0 Å². The number of amides is 3. The number of carbonyl (C=O) groups excluding carboxylic acids is 3. The summed E-state index contributed by atoms with van der Waals surface area (Å²) in [5.41, 5.74) is 0.367. The van der Waals surface area contributed by atoms with Gasteiger partial charge in [0.2, 0.25) is 11.4 Å². The molecule has 0 radical (unpaired) electrons. The Bertz CT molecular complexity index is 804. The molecule has 1 saturated heterocycles. The van der Waals surface area contributed by atoms with Gasteiger partial charge in [-0.1, -0.05) is 11.8 Å². The topological polar surface area (TPSA) is 100 Å². The van der Waals surface area contributed by atoms with Crippen LogP contribution < -0.4 is 15.6 Å². The fourth-order valence-electron chi connectivity index (χ4n) is 2.40. The number of carbonyl (C=O) groups is 3. The van der Waals surface area contributed by atoms with Gasteiger partial charge in [-0.15, -0.1) is 0 Å². The molecular formula is C15H14F2N4O4S. The molecule has 1 fully saturated rings. The molecule has 26 heavy (non-hydrogen) atoms. The molecule has 11 heteroatoms. The highest BCUT2D eigenvalue weighted by Gasteiger charge is 2.33. The van der Waals surface area contributed by atoms with Crippen molar-refractivity contribution in [1.29, 1.82) is 0 Å². The molecule has 0 aliphatic carbocycles. The molecule has 0 bridgehead atoms. The van der Waals surface area contributed by atoms with Crippen LogP contribution in [0.25, 0.3) is 0 Å². The van der Waals surface area contributed by atoms with Gasteiger partial charge in [-0.3, -0.25) is 14.5 Å². The van der Waals surface area contributed by atoms with Crippen LogP contribution in [0.1, 0.15) is 12.5 Å². The first-order chi connectivity index (χ1) is 12.3. The van der Waals surface area contributed by atoms with Gasteiger partial charge in [0.1, 0.15) is 17.0 Å². The number of nitrogens with one attached hydrogen (secondary N) is 2. The number of anilines is 1. The lowest BCUT2D eigenvalue weighted by atomic mass is 10.2. The number of hydrogen-bond donors (Lipinski definition) is 2. The van der Waals surface area contributed by atoms with Crippen molar-refractivity contribution in [2.75, 3.05) is 18.0 Å². The van der Waals surface area contributed by atoms with Crippen molar-refractivity contribution in [3.8, 4) is 0 Å². The van der Waals surface area contributed by atoms with Crippen LogP contribution in [-0.4, -0.2) is 47.6 Å². The summed E-state index contributed by atoms with van der Waals surface area (Å²) in [5, 5.41) is 6.18. The Balaban J connectivity index is 1.75. The number of hydrazone groups is 1. The summed E-state index contributed by atoms with van der Waals surface area (Å²) in [6, 6.07) is 3.91. The fourth-order valence-corrected chi connectivity index (χ4v) is 3.15. The Kier molecular flexibility index (Phi) is 5.07. The number of cyclic esters (lactones) is 1. The van der Waals surface area contributed by atoms with E-state index in [9.17, 15) is 23.2 Å². The lowest BCUT2D eigenvalue weighted by molar-refractivity contribution is -0.123. The zero-order chi connectivity index (χ0) is 18.8. The highest BCUT2D eigenvalue weighted by Crippen LogP contribution is 2.28. The van der Waals surface area contributed by atoms with E-state index in [0.29, 0.717) is 11.8 Å². The van der Waals surface area contributed by atoms with E-state index in [1.54, 1.807) is 0 Å². The minimum Gasteiger partial charge on any atom is -0.442 e. The molecule has 2 heterocycles. The summed E-state index contributed by atoms with van der Waals surface area (Å²) in [6.07, 6.45) is -1.21. The third-order valence-electron chi connectivity index (χ3n) is 3.64. The van der Waals surface area contributed by atoms with Crippen LogP contribution in [0.3, 0.4) is 0 Å². The number of nitrogens with zero attached hydrogens (tertiary/aromatic N) is 2. The Morgan fingerprint density at radius 3 is 2.92 bits per heavy atom. The van der Waals surface area contributed by atoms with Gasteiger partial charge in [-0.05, 0) is 18.2 Å². The molecule has 2 unspecified atom stereocenters. The van der Waals surface area contributed by atoms with Gasteiger partial charge in [0.25, 0.3) is 5.91 Å². The van der Waals surface area contributed by atoms with Crippen LogP contribution >= 0.6 is 11.8 Å². The number of benzene rings is 1. The molecule has 0 saturated carbocycles. The van der Waals surface area contributed by atoms with Gasteiger partial charge in [-0.25, -0.2) is 19.0 Å². The van der Waals surface area contributed by atoms with Crippen LogP contribution in [0.2, 0.25) is 0 Å². The largest absolute Gasteiger partial charge is 0.442 e. The van der Waals surface area contributed by atoms with E-state index in [2.05, 4.69) is 10.4 Å². The monoisotopic (exact) mass is 384 g/mol. The van der Waals surface area contributed by atoms with Crippen molar-refractivity contribution in [3.63, 3.8) is 0 Å². The van der Waals surface area contributed by atoms with Crippen molar-refractivity contribution < 1.29 is 27.9 Å². The Morgan fingerprint density at radius 2 is 2.27 bits per heavy atom. The molecule has 0 aromatic heterocycles. The van der Waals surface area contributed by atoms with Gasteiger partial charge >= 0.3 is 6.09 Å². The second kappa shape index (κ2) is 7.28. The molecule has 0 spiro atoms. The Morgan fingerprint density at radius 1 is 1.50 bits per heavy atom. The smallest absolute Gasteiger partial charge is 0.414 e. The molecule has 2 N–H and O–H groups in total. The molecule has 2 aliphatic rings. The standard InChI is InChI=1S/C15H14F2N4O4S/c1-7(22)18-5-9-6-21(15(24)25-9)8-2-3-10(11(16)4-8)14-20-19-13(23)12(17)26-14/h2-4,9,12H,5-6H2,1H3,(H,18,22)(H,19,23). The molecule has 1 aromatic rings. The van der Waals surface area contributed by atoms with E-state index < -0.39 is 29.4 Å². The maximum absolute atomic E-state index is 14.4. The third kappa shape index (κ3) is 3.77. The van der Waals surface area contributed by atoms with Crippen LogP contribution in [0.4, 0.5) is 19.3 Å². The molecular weight excluding hydrogens is 370 g/mol. The lowest BCUT2D eigenvalue weighted by Crippen LogP contribution is -2.33. The number of hydrogen-bond acceptors (Lipinski definition) is 6. The number of ether oxygens (including phenoxy) is 1. The lowest BCUT2D eigenvalue weighted by Gasteiger charge is -2.17. The number of alkyl halides is 1. The molecule has 3 amide bonds. The van der Waals surface area contributed by atoms with Crippen molar-refractivity contribution in [2.45, 2.75) is 18.5 Å². The van der Waals surface area contributed by atoms with Crippen molar-refractivity contribution >= 4 is 40.4 Å². The molecule has 2 aliphatic heterocycles. The second-order valence-corrected chi connectivity index (χ2v) is 6.58. The summed E-state index contributed by atoms with van der Waals surface area (Å²) < 4.78 is 33.0. The quantitative estimate of drug-likeness (QED) is 0.810.